The average molecular weight is 219 g/mol. The highest BCUT2D eigenvalue weighted by molar-refractivity contribution is 5.88. The third-order valence-corrected chi connectivity index (χ3v) is 2.63. The molecule has 0 aliphatic carbocycles. The molecule has 0 unspecified atom stereocenters. The van der Waals surface area contributed by atoms with E-state index in [1.54, 1.807) is 18.2 Å². The van der Waals surface area contributed by atoms with Gasteiger partial charge in [0.25, 0.3) is 0 Å². The van der Waals surface area contributed by atoms with Gasteiger partial charge in [-0.3, -0.25) is 4.79 Å². The number of phenolic OH excluding ortho intramolecular Hbond substituents is 1. The van der Waals surface area contributed by atoms with E-state index in [1.165, 1.54) is 0 Å². The van der Waals surface area contributed by atoms with E-state index >= 15 is 0 Å². The normalized spacial score (nSPS) is 10.8. The van der Waals surface area contributed by atoms with Gasteiger partial charge in [-0.15, -0.1) is 0 Å². The van der Waals surface area contributed by atoms with Crippen LogP contribution in [0.1, 0.15) is 12.5 Å². The summed E-state index contributed by atoms with van der Waals surface area (Å²) in [5.74, 6) is -0.702. The van der Waals surface area contributed by atoms with Crippen LogP contribution in [0.2, 0.25) is 0 Å². The van der Waals surface area contributed by atoms with Crippen LogP contribution in [0.3, 0.4) is 0 Å². The molecule has 0 aliphatic rings. The van der Waals surface area contributed by atoms with Gasteiger partial charge in [-0.1, -0.05) is 0 Å². The number of carboxylic acids is 1. The maximum Gasteiger partial charge on any atom is 0.307 e. The molecule has 0 fully saturated rings. The van der Waals surface area contributed by atoms with Gasteiger partial charge in [-0.05, 0) is 30.7 Å². The van der Waals surface area contributed by atoms with Crippen LogP contribution in [0.25, 0.3) is 10.9 Å². The Bertz CT molecular complexity index is 542. The number of aliphatic carboxylic acids is 1. The van der Waals surface area contributed by atoms with Crippen molar-refractivity contribution < 1.29 is 15.0 Å². The summed E-state index contributed by atoms with van der Waals surface area (Å²) in [4.78, 5) is 10.7. The van der Waals surface area contributed by atoms with Gasteiger partial charge in [0.05, 0.1) is 6.42 Å². The molecule has 0 aliphatic heterocycles. The molecule has 2 rings (SSSR count). The van der Waals surface area contributed by atoms with Crippen molar-refractivity contribution in [2.45, 2.75) is 19.9 Å². The van der Waals surface area contributed by atoms with Crippen molar-refractivity contribution in [3.8, 4) is 5.75 Å². The molecule has 0 amide bonds. The highest BCUT2D eigenvalue weighted by Crippen LogP contribution is 2.25. The highest BCUT2D eigenvalue weighted by atomic mass is 16.4. The Morgan fingerprint density at radius 2 is 2.19 bits per heavy atom. The third-order valence-electron chi connectivity index (χ3n) is 2.63. The van der Waals surface area contributed by atoms with Crippen molar-refractivity contribution in [3.63, 3.8) is 0 Å². The van der Waals surface area contributed by atoms with Gasteiger partial charge < -0.3 is 14.8 Å². The predicted octanol–water partition coefficient (Wildman–Crippen LogP) is 1.99. The minimum atomic E-state index is -0.863. The standard InChI is InChI=1S/C12H13NO3/c1-2-13-7-8(5-12(15)16)10-6-9(14)3-4-11(10)13/h3-4,6-7,14H,2,5H2,1H3,(H,15,16). The zero-order valence-corrected chi connectivity index (χ0v) is 8.97. The van der Waals surface area contributed by atoms with Crippen LogP contribution in [-0.4, -0.2) is 20.7 Å². The molecule has 2 N–H and O–H groups in total. The molecule has 0 atom stereocenters. The van der Waals surface area contributed by atoms with Crippen molar-refractivity contribution in [1.82, 2.24) is 4.57 Å². The molecule has 0 bridgehead atoms. The van der Waals surface area contributed by atoms with Crippen LogP contribution in [0, 0.1) is 0 Å². The van der Waals surface area contributed by atoms with Crippen LogP contribution in [0.5, 0.6) is 5.75 Å². The van der Waals surface area contributed by atoms with Crippen LogP contribution < -0.4 is 0 Å². The Morgan fingerprint density at radius 3 is 2.81 bits per heavy atom. The first-order valence-corrected chi connectivity index (χ1v) is 5.14. The lowest BCUT2D eigenvalue weighted by Gasteiger charge is -1.99. The van der Waals surface area contributed by atoms with Crippen LogP contribution in [0.15, 0.2) is 24.4 Å². The maximum absolute atomic E-state index is 10.7. The number of aryl methyl sites for hydroxylation is 1. The van der Waals surface area contributed by atoms with Crippen molar-refractivity contribution in [3.05, 3.63) is 30.0 Å². The van der Waals surface area contributed by atoms with Gasteiger partial charge in [0, 0.05) is 23.6 Å². The van der Waals surface area contributed by atoms with E-state index in [2.05, 4.69) is 0 Å². The number of hydrogen-bond donors (Lipinski definition) is 2. The molecular weight excluding hydrogens is 206 g/mol. The zero-order chi connectivity index (χ0) is 11.7. The van der Waals surface area contributed by atoms with Crippen molar-refractivity contribution >= 4 is 16.9 Å². The lowest BCUT2D eigenvalue weighted by molar-refractivity contribution is -0.136. The molecule has 4 heteroatoms. The van der Waals surface area contributed by atoms with E-state index in [-0.39, 0.29) is 12.2 Å². The molecule has 0 spiro atoms. The zero-order valence-electron chi connectivity index (χ0n) is 8.97. The first kappa shape index (κ1) is 10.5. The van der Waals surface area contributed by atoms with Crippen molar-refractivity contribution in [2.24, 2.45) is 0 Å². The summed E-state index contributed by atoms with van der Waals surface area (Å²) in [5, 5.41) is 19.0. The number of aromatic nitrogens is 1. The second-order valence-electron chi connectivity index (χ2n) is 3.71. The molecule has 84 valence electrons. The summed E-state index contributed by atoms with van der Waals surface area (Å²) >= 11 is 0. The maximum atomic E-state index is 10.7. The molecule has 1 aromatic heterocycles. The Hall–Kier alpha value is -1.97. The van der Waals surface area contributed by atoms with E-state index in [0.29, 0.717) is 0 Å². The van der Waals surface area contributed by atoms with E-state index < -0.39 is 5.97 Å². The number of carbonyl (C=O) groups is 1. The third kappa shape index (κ3) is 1.74. The lowest BCUT2D eigenvalue weighted by Crippen LogP contribution is -1.99. The number of rotatable bonds is 3. The number of benzene rings is 1. The second kappa shape index (κ2) is 3.89. The van der Waals surface area contributed by atoms with E-state index in [0.717, 1.165) is 23.0 Å². The Balaban J connectivity index is 2.63. The fourth-order valence-corrected chi connectivity index (χ4v) is 1.92. The van der Waals surface area contributed by atoms with Gasteiger partial charge in [0.15, 0.2) is 0 Å². The van der Waals surface area contributed by atoms with Crippen LogP contribution in [-0.2, 0) is 17.8 Å². The quantitative estimate of drug-likeness (QED) is 0.829. The van der Waals surface area contributed by atoms with E-state index in [9.17, 15) is 9.90 Å². The summed E-state index contributed by atoms with van der Waals surface area (Å²) in [6.45, 7) is 2.78. The Kier molecular flexibility index (Phi) is 2.56. The van der Waals surface area contributed by atoms with Gasteiger partial charge in [0.2, 0.25) is 0 Å². The van der Waals surface area contributed by atoms with Gasteiger partial charge in [0.1, 0.15) is 5.75 Å². The summed E-state index contributed by atoms with van der Waals surface area (Å²) < 4.78 is 1.98. The smallest absolute Gasteiger partial charge is 0.307 e. The fraction of sp³-hybridized carbons (Fsp3) is 0.250. The van der Waals surface area contributed by atoms with Crippen molar-refractivity contribution in [1.29, 1.82) is 0 Å². The number of carboxylic acid groups (broad SMARTS) is 1. The molecule has 1 aromatic carbocycles. The van der Waals surface area contributed by atoms with Crippen molar-refractivity contribution in [2.75, 3.05) is 0 Å². The molecule has 0 radical (unpaired) electrons. The van der Waals surface area contributed by atoms with Gasteiger partial charge in [-0.25, -0.2) is 0 Å². The van der Waals surface area contributed by atoms with Crippen LogP contribution >= 0.6 is 0 Å². The topological polar surface area (TPSA) is 62.5 Å². The number of fused-ring (bicyclic) bond motifs is 1. The summed E-state index contributed by atoms with van der Waals surface area (Å²) in [6.07, 6.45) is 1.81. The first-order valence-electron chi connectivity index (χ1n) is 5.14. The lowest BCUT2D eigenvalue weighted by atomic mass is 10.1. The second-order valence-corrected chi connectivity index (χ2v) is 3.71. The summed E-state index contributed by atoms with van der Waals surface area (Å²) in [7, 11) is 0. The minimum absolute atomic E-state index is 0.0209. The first-order chi connectivity index (χ1) is 7.61. The Labute approximate surface area is 92.7 Å². The fourth-order valence-electron chi connectivity index (χ4n) is 1.92. The monoisotopic (exact) mass is 219 g/mol. The molecular formula is C12H13NO3. The van der Waals surface area contributed by atoms with Crippen LogP contribution in [0.4, 0.5) is 0 Å². The number of nitrogens with zero attached hydrogens (tertiary/aromatic N) is 1. The Morgan fingerprint density at radius 1 is 1.44 bits per heavy atom. The molecule has 4 nitrogen and oxygen atoms in total. The number of aromatic hydroxyl groups is 1. The molecule has 2 aromatic rings. The molecule has 0 saturated heterocycles. The summed E-state index contributed by atoms with van der Waals surface area (Å²) in [6, 6.07) is 5.03. The molecule has 1 heterocycles. The highest BCUT2D eigenvalue weighted by Gasteiger charge is 2.11. The molecule has 16 heavy (non-hydrogen) atoms. The van der Waals surface area contributed by atoms with Gasteiger partial charge in [-0.2, -0.15) is 0 Å². The number of phenols is 1. The largest absolute Gasteiger partial charge is 0.508 e. The van der Waals surface area contributed by atoms with Gasteiger partial charge >= 0.3 is 5.97 Å². The average Bonchev–Trinajstić information content (AvgIpc) is 2.55. The summed E-state index contributed by atoms with van der Waals surface area (Å²) in [5.41, 5.74) is 1.69. The van der Waals surface area contributed by atoms with E-state index in [1.807, 2.05) is 17.7 Å². The molecule has 0 saturated carbocycles. The minimum Gasteiger partial charge on any atom is -0.508 e. The number of hydrogen-bond acceptors (Lipinski definition) is 2. The SMILES string of the molecule is CCn1cc(CC(=O)O)c2cc(O)ccc21. The van der Waals surface area contributed by atoms with E-state index in [4.69, 9.17) is 5.11 Å². The predicted molar refractivity (Wildman–Crippen MR) is 60.6 cm³/mol.